The van der Waals surface area contributed by atoms with Crippen molar-refractivity contribution < 1.29 is 5.11 Å². The second-order valence-electron chi connectivity index (χ2n) is 2.14. The molecule has 0 aliphatic rings. The SMILES string of the molecule is CC(O)Cc1csc(Br)n1. The molecule has 1 aromatic rings. The number of halogens is 1. The van der Waals surface area contributed by atoms with Gasteiger partial charge in [-0.3, -0.25) is 0 Å². The lowest BCUT2D eigenvalue weighted by atomic mass is 10.2. The van der Waals surface area contributed by atoms with E-state index >= 15 is 0 Å². The minimum atomic E-state index is -0.297. The van der Waals surface area contributed by atoms with E-state index in [0.29, 0.717) is 6.42 Å². The molecule has 1 unspecified atom stereocenters. The maximum atomic E-state index is 8.96. The molecule has 1 heterocycles. The van der Waals surface area contributed by atoms with Crippen molar-refractivity contribution in [3.8, 4) is 0 Å². The van der Waals surface area contributed by atoms with Crippen LogP contribution in [0.4, 0.5) is 0 Å². The zero-order valence-electron chi connectivity index (χ0n) is 5.54. The van der Waals surface area contributed by atoms with Gasteiger partial charge in [0.25, 0.3) is 0 Å². The Morgan fingerprint density at radius 2 is 2.60 bits per heavy atom. The summed E-state index contributed by atoms with van der Waals surface area (Å²) >= 11 is 4.79. The molecule has 0 fully saturated rings. The van der Waals surface area contributed by atoms with Gasteiger partial charge < -0.3 is 5.11 Å². The topological polar surface area (TPSA) is 33.1 Å². The Bertz CT molecular complexity index is 211. The van der Waals surface area contributed by atoms with Crippen molar-refractivity contribution >= 4 is 27.3 Å². The fraction of sp³-hybridized carbons (Fsp3) is 0.500. The highest BCUT2D eigenvalue weighted by atomic mass is 79.9. The van der Waals surface area contributed by atoms with Crippen molar-refractivity contribution in [3.05, 3.63) is 15.0 Å². The molecule has 1 aromatic heterocycles. The Hall–Kier alpha value is 0.0700. The van der Waals surface area contributed by atoms with E-state index in [4.69, 9.17) is 5.11 Å². The first kappa shape index (κ1) is 8.17. The average Bonchev–Trinajstić information content (AvgIpc) is 2.13. The van der Waals surface area contributed by atoms with Crippen LogP contribution in [0.15, 0.2) is 9.30 Å². The van der Waals surface area contributed by atoms with Crippen LogP contribution in [0, 0.1) is 0 Å². The zero-order chi connectivity index (χ0) is 7.56. The van der Waals surface area contributed by atoms with Gasteiger partial charge in [0, 0.05) is 11.8 Å². The average molecular weight is 222 g/mol. The van der Waals surface area contributed by atoms with Gasteiger partial charge in [-0.1, -0.05) is 0 Å². The lowest BCUT2D eigenvalue weighted by Crippen LogP contribution is -2.03. The van der Waals surface area contributed by atoms with Crippen LogP contribution < -0.4 is 0 Å². The van der Waals surface area contributed by atoms with Crippen LogP contribution in [0.2, 0.25) is 0 Å². The first-order valence-corrected chi connectivity index (χ1v) is 4.63. The number of aliphatic hydroxyl groups is 1. The van der Waals surface area contributed by atoms with Gasteiger partial charge >= 0.3 is 0 Å². The van der Waals surface area contributed by atoms with Gasteiger partial charge in [0.2, 0.25) is 0 Å². The van der Waals surface area contributed by atoms with Crippen molar-refractivity contribution in [1.82, 2.24) is 4.98 Å². The third kappa shape index (κ3) is 2.36. The molecule has 0 bridgehead atoms. The summed E-state index contributed by atoms with van der Waals surface area (Å²) in [5, 5.41) is 10.9. The molecule has 0 radical (unpaired) electrons. The minimum absolute atomic E-state index is 0.297. The molecule has 4 heteroatoms. The van der Waals surface area contributed by atoms with Crippen LogP contribution in [-0.4, -0.2) is 16.2 Å². The molecule has 0 spiro atoms. The Labute approximate surface area is 72.0 Å². The van der Waals surface area contributed by atoms with Crippen molar-refractivity contribution in [1.29, 1.82) is 0 Å². The van der Waals surface area contributed by atoms with E-state index in [-0.39, 0.29) is 6.10 Å². The number of thiazole rings is 1. The molecule has 0 saturated heterocycles. The highest BCUT2D eigenvalue weighted by Crippen LogP contribution is 2.16. The van der Waals surface area contributed by atoms with E-state index in [1.54, 1.807) is 18.3 Å². The Morgan fingerprint density at radius 3 is 3.00 bits per heavy atom. The van der Waals surface area contributed by atoms with E-state index in [1.807, 2.05) is 5.38 Å². The standard InChI is InChI=1S/C6H8BrNOS/c1-4(9)2-5-3-10-6(7)8-5/h3-4,9H,2H2,1H3. The van der Waals surface area contributed by atoms with Crippen LogP contribution in [-0.2, 0) is 6.42 Å². The maximum absolute atomic E-state index is 8.96. The van der Waals surface area contributed by atoms with Crippen LogP contribution in [0.25, 0.3) is 0 Å². The highest BCUT2D eigenvalue weighted by Gasteiger charge is 2.01. The third-order valence-corrected chi connectivity index (χ3v) is 2.44. The van der Waals surface area contributed by atoms with Crippen LogP contribution >= 0.6 is 27.3 Å². The second-order valence-corrected chi connectivity index (χ2v) is 4.28. The van der Waals surface area contributed by atoms with Gasteiger partial charge in [-0.05, 0) is 22.9 Å². The Morgan fingerprint density at radius 1 is 1.90 bits per heavy atom. The molecule has 0 saturated carbocycles. The fourth-order valence-corrected chi connectivity index (χ4v) is 1.74. The smallest absolute Gasteiger partial charge is 0.159 e. The van der Waals surface area contributed by atoms with Gasteiger partial charge in [0.1, 0.15) is 0 Å². The maximum Gasteiger partial charge on any atom is 0.159 e. The summed E-state index contributed by atoms with van der Waals surface area (Å²) in [5.41, 5.74) is 0.951. The lowest BCUT2D eigenvalue weighted by molar-refractivity contribution is 0.194. The van der Waals surface area contributed by atoms with Crippen molar-refractivity contribution in [2.24, 2.45) is 0 Å². The van der Waals surface area contributed by atoms with Crippen molar-refractivity contribution in [2.75, 3.05) is 0 Å². The number of hydrogen-bond donors (Lipinski definition) is 1. The Balaban J connectivity index is 2.58. The summed E-state index contributed by atoms with van der Waals surface area (Å²) in [4.78, 5) is 4.13. The number of aliphatic hydroxyl groups excluding tert-OH is 1. The molecular formula is C6H8BrNOS. The molecule has 1 rings (SSSR count). The molecule has 1 N–H and O–H groups in total. The number of aromatic nitrogens is 1. The van der Waals surface area contributed by atoms with Crippen LogP contribution in [0.5, 0.6) is 0 Å². The molecule has 0 aliphatic heterocycles. The Kier molecular flexibility index (Phi) is 2.82. The predicted octanol–water partition coefficient (Wildman–Crippen LogP) is 1.83. The molecule has 10 heavy (non-hydrogen) atoms. The molecule has 2 nitrogen and oxygen atoms in total. The third-order valence-electron chi connectivity index (χ3n) is 1.03. The van der Waals surface area contributed by atoms with Gasteiger partial charge in [-0.2, -0.15) is 0 Å². The quantitative estimate of drug-likeness (QED) is 0.827. The van der Waals surface area contributed by atoms with E-state index in [9.17, 15) is 0 Å². The molecular weight excluding hydrogens is 214 g/mol. The number of rotatable bonds is 2. The lowest BCUT2D eigenvalue weighted by Gasteiger charge is -1.97. The largest absolute Gasteiger partial charge is 0.393 e. The molecule has 0 aromatic carbocycles. The summed E-state index contributed by atoms with van der Waals surface area (Å²) in [5.74, 6) is 0. The van der Waals surface area contributed by atoms with Gasteiger partial charge in [-0.25, -0.2) is 4.98 Å². The van der Waals surface area contributed by atoms with Crippen molar-refractivity contribution in [2.45, 2.75) is 19.4 Å². The monoisotopic (exact) mass is 221 g/mol. The van der Waals surface area contributed by atoms with Gasteiger partial charge in [0.05, 0.1) is 11.8 Å². The van der Waals surface area contributed by atoms with E-state index in [0.717, 1.165) is 9.61 Å². The molecule has 1 atom stereocenters. The first-order chi connectivity index (χ1) is 4.68. The fourth-order valence-electron chi connectivity index (χ4n) is 0.679. The van der Waals surface area contributed by atoms with Crippen LogP contribution in [0.3, 0.4) is 0 Å². The van der Waals surface area contributed by atoms with E-state index in [2.05, 4.69) is 20.9 Å². The van der Waals surface area contributed by atoms with Crippen LogP contribution in [0.1, 0.15) is 12.6 Å². The minimum Gasteiger partial charge on any atom is -0.393 e. The predicted molar refractivity (Wildman–Crippen MR) is 45.2 cm³/mol. The molecule has 0 amide bonds. The van der Waals surface area contributed by atoms with E-state index < -0.39 is 0 Å². The summed E-state index contributed by atoms with van der Waals surface area (Å²) < 4.78 is 0.878. The normalized spacial score (nSPS) is 13.5. The first-order valence-electron chi connectivity index (χ1n) is 2.96. The van der Waals surface area contributed by atoms with Crippen molar-refractivity contribution in [3.63, 3.8) is 0 Å². The second kappa shape index (κ2) is 3.46. The summed E-state index contributed by atoms with van der Waals surface area (Å²) in [6, 6.07) is 0. The number of hydrogen-bond acceptors (Lipinski definition) is 3. The highest BCUT2D eigenvalue weighted by molar-refractivity contribution is 9.11. The zero-order valence-corrected chi connectivity index (χ0v) is 7.94. The molecule has 0 aliphatic carbocycles. The van der Waals surface area contributed by atoms with Gasteiger partial charge in [-0.15, -0.1) is 11.3 Å². The number of nitrogens with zero attached hydrogens (tertiary/aromatic N) is 1. The van der Waals surface area contributed by atoms with E-state index in [1.165, 1.54) is 0 Å². The summed E-state index contributed by atoms with van der Waals surface area (Å²) in [7, 11) is 0. The summed E-state index contributed by atoms with van der Waals surface area (Å²) in [6.45, 7) is 1.76. The molecule has 56 valence electrons. The summed E-state index contributed by atoms with van der Waals surface area (Å²) in [6.07, 6.45) is 0.344. The van der Waals surface area contributed by atoms with Gasteiger partial charge in [0.15, 0.2) is 3.92 Å².